The predicted octanol–water partition coefficient (Wildman–Crippen LogP) is 0.857. The first kappa shape index (κ1) is 14.8. The van der Waals surface area contributed by atoms with Crippen LogP contribution in [0.15, 0.2) is 48.5 Å². The number of nitriles is 2. The lowest BCUT2D eigenvalue weighted by atomic mass is 9.55. The first-order valence-corrected chi connectivity index (χ1v) is 6.55. The summed E-state index contributed by atoms with van der Waals surface area (Å²) in [6.45, 7) is 1.44. The second-order valence-electron chi connectivity index (χ2n) is 4.69. The summed E-state index contributed by atoms with van der Waals surface area (Å²) < 4.78 is 5.78. The van der Waals surface area contributed by atoms with Gasteiger partial charge in [0.2, 0.25) is 0 Å². The maximum absolute atomic E-state index is 8.86. The standard InChI is InChI=1S/C16H14BN3O/c1-12(20)21-17(15-6-2-13(10-18)3-7-15)16-8-4-14(11-19)5-9-16/h2-9,12H,20H2,1H3. The van der Waals surface area contributed by atoms with Gasteiger partial charge in [0.05, 0.1) is 29.5 Å². The Labute approximate surface area is 124 Å². The molecule has 0 radical (unpaired) electrons. The molecule has 2 aromatic rings. The summed E-state index contributed by atoms with van der Waals surface area (Å²) in [4.78, 5) is 0. The molecule has 0 spiro atoms. The molecule has 0 aliphatic carbocycles. The van der Waals surface area contributed by atoms with Crippen molar-refractivity contribution in [2.45, 2.75) is 13.2 Å². The van der Waals surface area contributed by atoms with Crippen molar-refractivity contribution in [1.82, 2.24) is 0 Å². The lowest BCUT2D eigenvalue weighted by molar-refractivity contribution is 0.240. The molecule has 0 heterocycles. The van der Waals surface area contributed by atoms with Crippen molar-refractivity contribution in [3.8, 4) is 12.1 Å². The fourth-order valence-corrected chi connectivity index (χ4v) is 2.03. The van der Waals surface area contributed by atoms with E-state index in [9.17, 15) is 0 Å². The second kappa shape index (κ2) is 6.72. The lowest BCUT2D eigenvalue weighted by Gasteiger charge is -2.18. The van der Waals surface area contributed by atoms with Crippen molar-refractivity contribution in [2.75, 3.05) is 0 Å². The minimum absolute atomic E-state index is 0.328. The quantitative estimate of drug-likeness (QED) is 0.662. The first-order valence-electron chi connectivity index (χ1n) is 6.55. The highest BCUT2D eigenvalue weighted by molar-refractivity contribution is 6.80. The van der Waals surface area contributed by atoms with Crippen LogP contribution < -0.4 is 16.7 Å². The van der Waals surface area contributed by atoms with Gasteiger partial charge in [-0.1, -0.05) is 24.3 Å². The minimum atomic E-state index is -0.429. The third kappa shape index (κ3) is 3.70. The number of rotatable bonds is 4. The van der Waals surface area contributed by atoms with Gasteiger partial charge in [0.25, 0.3) is 0 Å². The van der Waals surface area contributed by atoms with Gasteiger partial charge in [0.15, 0.2) is 0 Å². The minimum Gasteiger partial charge on any atom is -0.412 e. The third-order valence-corrected chi connectivity index (χ3v) is 3.04. The Morgan fingerprint density at radius 2 is 1.29 bits per heavy atom. The number of hydrogen-bond acceptors (Lipinski definition) is 4. The molecule has 4 nitrogen and oxygen atoms in total. The zero-order valence-corrected chi connectivity index (χ0v) is 11.7. The Hall–Kier alpha value is -2.60. The van der Waals surface area contributed by atoms with Crippen LogP contribution in [0, 0.1) is 22.7 Å². The molecular formula is C16H14BN3O. The molecule has 0 aromatic heterocycles. The van der Waals surface area contributed by atoms with Gasteiger partial charge < -0.3 is 10.4 Å². The molecule has 0 saturated heterocycles. The Morgan fingerprint density at radius 1 is 0.905 bits per heavy atom. The molecule has 1 atom stereocenters. The lowest BCUT2D eigenvalue weighted by Crippen LogP contribution is -2.48. The van der Waals surface area contributed by atoms with Gasteiger partial charge in [0, 0.05) is 0 Å². The molecule has 102 valence electrons. The maximum atomic E-state index is 8.86. The summed E-state index contributed by atoms with van der Waals surface area (Å²) >= 11 is 0. The van der Waals surface area contributed by atoms with E-state index >= 15 is 0 Å². The molecule has 0 bridgehead atoms. The van der Waals surface area contributed by atoms with Crippen molar-refractivity contribution in [3.63, 3.8) is 0 Å². The van der Waals surface area contributed by atoms with Crippen LogP contribution in [0.3, 0.4) is 0 Å². The Bertz CT molecular complexity index is 624. The van der Waals surface area contributed by atoms with Gasteiger partial charge in [0.1, 0.15) is 0 Å². The van der Waals surface area contributed by atoms with E-state index in [0.717, 1.165) is 10.9 Å². The molecule has 0 aliphatic heterocycles. The van der Waals surface area contributed by atoms with E-state index in [0.29, 0.717) is 11.1 Å². The highest BCUT2D eigenvalue weighted by Gasteiger charge is 2.22. The SMILES string of the molecule is CC(N)OB(c1ccc(C#N)cc1)c1ccc(C#N)cc1. The molecule has 0 amide bonds. The van der Waals surface area contributed by atoms with Gasteiger partial charge in [-0.25, -0.2) is 0 Å². The maximum Gasteiger partial charge on any atom is 0.362 e. The number of hydrogen-bond donors (Lipinski definition) is 1. The van der Waals surface area contributed by atoms with Crippen LogP contribution in [0.2, 0.25) is 0 Å². The van der Waals surface area contributed by atoms with E-state index in [1.54, 1.807) is 31.2 Å². The highest BCUT2D eigenvalue weighted by atomic mass is 16.5. The molecule has 5 heteroatoms. The summed E-state index contributed by atoms with van der Waals surface area (Å²) in [5.74, 6) is 0. The normalized spacial score (nSPS) is 11.2. The van der Waals surface area contributed by atoms with E-state index in [1.165, 1.54) is 0 Å². The van der Waals surface area contributed by atoms with Crippen LogP contribution in [-0.2, 0) is 4.65 Å². The van der Waals surface area contributed by atoms with E-state index in [4.69, 9.17) is 20.9 Å². The van der Waals surface area contributed by atoms with E-state index in [1.807, 2.05) is 24.3 Å². The zero-order valence-electron chi connectivity index (χ0n) is 11.7. The van der Waals surface area contributed by atoms with Gasteiger partial charge in [-0.05, 0) is 42.1 Å². The van der Waals surface area contributed by atoms with Crippen molar-refractivity contribution < 1.29 is 4.65 Å². The Kier molecular flexibility index (Phi) is 4.74. The van der Waals surface area contributed by atoms with Gasteiger partial charge in [-0.15, -0.1) is 0 Å². The number of nitrogens with two attached hydrogens (primary N) is 1. The highest BCUT2D eigenvalue weighted by Crippen LogP contribution is 2.01. The first-order chi connectivity index (χ1) is 10.1. The van der Waals surface area contributed by atoms with E-state index in [-0.39, 0.29) is 6.92 Å². The monoisotopic (exact) mass is 275 g/mol. The number of benzene rings is 2. The summed E-state index contributed by atoms with van der Waals surface area (Å²) in [6, 6.07) is 18.6. The summed E-state index contributed by atoms with van der Waals surface area (Å²) in [6.07, 6.45) is -0.429. The molecule has 2 rings (SSSR count). The topological polar surface area (TPSA) is 82.8 Å². The average molecular weight is 275 g/mol. The summed E-state index contributed by atoms with van der Waals surface area (Å²) in [5, 5.41) is 17.7. The molecule has 0 aliphatic rings. The van der Waals surface area contributed by atoms with Crippen LogP contribution in [0.4, 0.5) is 0 Å². The second-order valence-corrected chi connectivity index (χ2v) is 4.69. The van der Waals surface area contributed by atoms with Gasteiger partial charge in [-0.2, -0.15) is 10.5 Å². The zero-order chi connectivity index (χ0) is 15.2. The molecule has 0 fully saturated rings. The Balaban J connectivity index is 2.37. The van der Waals surface area contributed by atoms with Crippen LogP contribution >= 0.6 is 0 Å². The van der Waals surface area contributed by atoms with Crippen LogP contribution in [0.1, 0.15) is 18.1 Å². The van der Waals surface area contributed by atoms with Crippen molar-refractivity contribution in [3.05, 3.63) is 59.7 Å². The predicted molar refractivity (Wildman–Crippen MR) is 82.1 cm³/mol. The van der Waals surface area contributed by atoms with E-state index < -0.39 is 6.23 Å². The molecule has 21 heavy (non-hydrogen) atoms. The van der Waals surface area contributed by atoms with E-state index in [2.05, 4.69) is 12.1 Å². The van der Waals surface area contributed by atoms with Crippen molar-refractivity contribution in [1.29, 1.82) is 10.5 Å². The molecular weight excluding hydrogens is 261 g/mol. The third-order valence-electron chi connectivity index (χ3n) is 3.04. The van der Waals surface area contributed by atoms with Crippen LogP contribution in [0.5, 0.6) is 0 Å². The molecule has 0 saturated carbocycles. The fourth-order valence-electron chi connectivity index (χ4n) is 2.03. The van der Waals surface area contributed by atoms with Crippen LogP contribution in [-0.4, -0.2) is 13.1 Å². The fraction of sp³-hybridized carbons (Fsp3) is 0.125. The molecule has 2 aromatic carbocycles. The Morgan fingerprint density at radius 3 is 1.57 bits per heavy atom. The summed E-state index contributed by atoms with van der Waals surface area (Å²) in [5.41, 5.74) is 8.77. The molecule has 2 N–H and O–H groups in total. The van der Waals surface area contributed by atoms with Gasteiger partial charge >= 0.3 is 6.92 Å². The van der Waals surface area contributed by atoms with Gasteiger partial charge in [-0.3, -0.25) is 0 Å². The van der Waals surface area contributed by atoms with Crippen molar-refractivity contribution in [2.24, 2.45) is 5.73 Å². The van der Waals surface area contributed by atoms with Crippen LogP contribution in [0.25, 0.3) is 0 Å². The molecule has 1 unspecified atom stereocenters. The smallest absolute Gasteiger partial charge is 0.362 e. The summed E-state index contributed by atoms with van der Waals surface area (Å²) in [7, 11) is 0. The van der Waals surface area contributed by atoms with Crippen molar-refractivity contribution >= 4 is 17.8 Å². The largest absolute Gasteiger partial charge is 0.412 e. The average Bonchev–Trinajstić information content (AvgIpc) is 2.53. The number of nitrogens with zero attached hydrogens (tertiary/aromatic N) is 2.